The van der Waals surface area contributed by atoms with Gasteiger partial charge in [-0.25, -0.2) is 0 Å². The minimum absolute atomic E-state index is 0.304. The van der Waals surface area contributed by atoms with Crippen LogP contribution >= 0.6 is 22.9 Å². The smallest absolute Gasteiger partial charge is 0.141 e. The summed E-state index contributed by atoms with van der Waals surface area (Å²) < 4.78 is 0.783. The molecular weight excluding hydrogens is 276 g/mol. The van der Waals surface area contributed by atoms with Gasteiger partial charge in [0.15, 0.2) is 0 Å². The van der Waals surface area contributed by atoms with E-state index >= 15 is 0 Å². The van der Waals surface area contributed by atoms with Gasteiger partial charge in [0, 0.05) is 17.2 Å². The van der Waals surface area contributed by atoms with E-state index < -0.39 is 0 Å². The summed E-state index contributed by atoms with van der Waals surface area (Å²) in [5.74, 6) is 1.60. The standard InChI is InChI=1S/C16H23ClOS/c1-2-3-4-12-5-7-13(8-6-12)15(18)11-14-9-10-16(17)19-14/h9-10,12-13H,2-8,11H2,1H3. The van der Waals surface area contributed by atoms with Crippen LogP contribution < -0.4 is 0 Å². The highest BCUT2D eigenvalue weighted by atomic mass is 35.5. The van der Waals surface area contributed by atoms with Crippen molar-refractivity contribution < 1.29 is 4.79 Å². The fourth-order valence-corrected chi connectivity index (χ4v) is 4.13. The molecule has 1 aromatic rings. The van der Waals surface area contributed by atoms with Crippen molar-refractivity contribution in [2.45, 2.75) is 58.3 Å². The summed E-state index contributed by atoms with van der Waals surface area (Å²) >= 11 is 7.44. The van der Waals surface area contributed by atoms with Gasteiger partial charge in [-0.15, -0.1) is 11.3 Å². The summed E-state index contributed by atoms with van der Waals surface area (Å²) in [7, 11) is 0. The van der Waals surface area contributed by atoms with E-state index in [0.29, 0.717) is 18.1 Å². The average molecular weight is 299 g/mol. The summed E-state index contributed by atoms with van der Waals surface area (Å²) in [5, 5.41) is 0. The maximum Gasteiger partial charge on any atom is 0.141 e. The molecule has 1 saturated carbocycles. The fraction of sp³-hybridized carbons (Fsp3) is 0.688. The highest BCUT2D eigenvalue weighted by molar-refractivity contribution is 7.16. The molecule has 106 valence electrons. The highest BCUT2D eigenvalue weighted by Gasteiger charge is 2.26. The molecule has 0 N–H and O–H groups in total. The van der Waals surface area contributed by atoms with Crippen LogP contribution in [0.4, 0.5) is 0 Å². The van der Waals surface area contributed by atoms with Crippen molar-refractivity contribution >= 4 is 28.7 Å². The summed E-state index contributed by atoms with van der Waals surface area (Å²) in [6, 6.07) is 3.87. The van der Waals surface area contributed by atoms with Crippen molar-refractivity contribution in [1.29, 1.82) is 0 Å². The molecule has 19 heavy (non-hydrogen) atoms. The predicted octanol–water partition coefficient (Wildman–Crippen LogP) is 5.51. The molecule has 0 radical (unpaired) electrons. The van der Waals surface area contributed by atoms with Gasteiger partial charge in [0.25, 0.3) is 0 Å². The second-order valence-electron chi connectivity index (χ2n) is 5.71. The zero-order chi connectivity index (χ0) is 13.7. The molecule has 2 rings (SSSR count). The van der Waals surface area contributed by atoms with Crippen LogP contribution in [-0.2, 0) is 11.2 Å². The van der Waals surface area contributed by atoms with E-state index in [1.54, 1.807) is 0 Å². The number of thiophene rings is 1. The van der Waals surface area contributed by atoms with Crippen molar-refractivity contribution in [3.05, 3.63) is 21.3 Å². The molecule has 0 aromatic carbocycles. The lowest BCUT2D eigenvalue weighted by Gasteiger charge is -2.27. The normalized spacial score (nSPS) is 23.5. The first-order valence-electron chi connectivity index (χ1n) is 7.46. The summed E-state index contributed by atoms with van der Waals surface area (Å²) in [6.07, 6.45) is 9.29. The number of unbranched alkanes of at least 4 members (excludes halogenated alkanes) is 1. The van der Waals surface area contributed by atoms with E-state index in [0.717, 1.165) is 28.0 Å². The van der Waals surface area contributed by atoms with Crippen LogP contribution in [0.15, 0.2) is 12.1 Å². The molecule has 1 aliphatic carbocycles. The van der Waals surface area contributed by atoms with Crippen LogP contribution in [0.3, 0.4) is 0 Å². The van der Waals surface area contributed by atoms with Crippen molar-refractivity contribution in [2.24, 2.45) is 11.8 Å². The Kier molecular flexibility index (Phi) is 5.90. The Bertz CT molecular complexity index is 405. The van der Waals surface area contributed by atoms with Gasteiger partial charge in [0.05, 0.1) is 4.34 Å². The number of halogens is 1. The van der Waals surface area contributed by atoms with Gasteiger partial charge in [-0.3, -0.25) is 4.79 Å². The Labute approximate surface area is 125 Å². The molecule has 1 aromatic heterocycles. The van der Waals surface area contributed by atoms with E-state index in [4.69, 9.17) is 11.6 Å². The van der Waals surface area contributed by atoms with Gasteiger partial charge < -0.3 is 0 Å². The van der Waals surface area contributed by atoms with Gasteiger partial charge in [-0.2, -0.15) is 0 Å². The number of rotatable bonds is 6. The Balaban J connectivity index is 1.76. The van der Waals surface area contributed by atoms with Crippen LogP contribution in [-0.4, -0.2) is 5.78 Å². The molecule has 3 heteroatoms. The van der Waals surface area contributed by atoms with Gasteiger partial charge in [0.1, 0.15) is 5.78 Å². The van der Waals surface area contributed by atoms with Gasteiger partial charge in [0.2, 0.25) is 0 Å². The number of carbonyl (C=O) groups excluding carboxylic acids is 1. The molecule has 1 aliphatic rings. The first-order valence-corrected chi connectivity index (χ1v) is 8.65. The Morgan fingerprint density at radius 3 is 2.63 bits per heavy atom. The quantitative estimate of drug-likeness (QED) is 0.677. The van der Waals surface area contributed by atoms with Gasteiger partial charge in [-0.05, 0) is 43.7 Å². The maximum absolute atomic E-state index is 12.3. The lowest BCUT2D eigenvalue weighted by Crippen LogP contribution is -2.23. The van der Waals surface area contributed by atoms with Crippen molar-refractivity contribution in [1.82, 2.24) is 0 Å². The first-order chi connectivity index (χ1) is 9.19. The third kappa shape index (κ3) is 4.61. The van der Waals surface area contributed by atoms with E-state index in [9.17, 15) is 4.79 Å². The van der Waals surface area contributed by atoms with Crippen LogP contribution in [0.1, 0.15) is 56.7 Å². The van der Waals surface area contributed by atoms with Crippen LogP contribution in [0, 0.1) is 11.8 Å². The fourth-order valence-electron chi connectivity index (χ4n) is 3.03. The largest absolute Gasteiger partial charge is 0.299 e. The van der Waals surface area contributed by atoms with Crippen LogP contribution in [0.5, 0.6) is 0 Å². The molecule has 1 fully saturated rings. The molecule has 0 amide bonds. The predicted molar refractivity (Wildman–Crippen MR) is 83.0 cm³/mol. The lowest BCUT2D eigenvalue weighted by molar-refractivity contribution is -0.123. The molecule has 0 bridgehead atoms. The number of hydrogen-bond donors (Lipinski definition) is 0. The monoisotopic (exact) mass is 298 g/mol. The SMILES string of the molecule is CCCCC1CCC(C(=O)Cc2ccc(Cl)s2)CC1. The van der Waals surface area contributed by atoms with Gasteiger partial charge in [-0.1, -0.05) is 37.8 Å². The Morgan fingerprint density at radius 1 is 1.32 bits per heavy atom. The van der Waals surface area contributed by atoms with Crippen molar-refractivity contribution in [2.75, 3.05) is 0 Å². The van der Waals surface area contributed by atoms with E-state index in [2.05, 4.69) is 6.92 Å². The minimum atomic E-state index is 0.304. The molecule has 0 unspecified atom stereocenters. The Morgan fingerprint density at radius 2 is 2.05 bits per heavy atom. The molecule has 1 nitrogen and oxygen atoms in total. The number of Topliss-reactive ketones (excluding diaryl/α,β-unsaturated/α-hetero) is 1. The van der Waals surface area contributed by atoms with Crippen molar-refractivity contribution in [3.63, 3.8) is 0 Å². The topological polar surface area (TPSA) is 17.1 Å². The first kappa shape index (κ1) is 15.1. The summed E-state index contributed by atoms with van der Waals surface area (Å²) in [4.78, 5) is 13.4. The second-order valence-corrected chi connectivity index (χ2v) is 7.51. The average Bonchev–Trinajstić information content (AvgIpc) is 2.82. The molecule has 0 aliphatic heterocycles. The highest BCUT2D eigenvalue weighted by Crippen LogP contribution is 2.33. The lowest BCUT2D eigenvalue weighted by atomic mass is 9.77. The zero-order valence-corrected chi connectivity index (χ0v) is 13.2. The Hall–Kier alpha value is -0.340. The minimum Gasteiger partial charge on any atom is -0.299 e. The molecular formula is C16H23ClOS. The number of carbonyl (C=O) groups is 1. The van der Waals surface area contributed by atoms with Crippen LogP contribution in [0.2, 0.25) is 4.34 Å². The van der Waals surface area contributed by atoms with E-state index in [1.807, 2.05) is 12.1 Å². The molecule has 1 heterocycles. The second kappa shape index (κ2) is 7.44. The number of hydrogen-bond acceptors (Lipinski definition) is 2. The molecule has 0 saturated heterocycles. The molecule has 0 atom stereocenters. The molecule has 0 spiro atoms. The van der Waals surface area contributed by atoms with E-state index in [1.165, 1.54) is 43.4 Å². The van der Waals surface area contributed by atoms with Crippen molar-refractivity contribution in [3.8, 4) is 0 Å². The van der Waals surface area contributed by atoms with E-state index in [-0.39, 0.29) is 0 Å². The maximum atomic E-state index is 12.3. The van der Waals surface area contributed by atoms with Crippen LogP contribution in [0.25, 0.3) is 0 Å². The third-order valence-corrected chi connectivity index (χ3v) is 5.48. The number of ketones is 1. The summed E-state index contributed by atoms with van der Waals surface area (Å²) in [5.41, 5.74) is 0. The third-order valence-electron chi connectivity index (χ3n) is 4.25. The summed E-state index contributed by atoms with van der Waals surface area (Å²) in [6.45, 7) is 2.25. The van der Waals surface area contributed by atoms with Gasteiger partial charge >= 0.3 is 0 Å². The zero-order valence-electron chi connectivity index (χ0n) is 11.7.